The van der Waals surface area contributed by atoms with Gasteiger partial charge in [-0.3, -0.25) is 4.79 Å². The zero-order valence-electron chi connectivity index (χ0n) is 12.9. The fourth-order valence-corrected chi connectivity index (χ4v) is 2.27. The van der Waals surface area contributed by atoms with E-state index in [9.17, 15) is 4.79 Å². The molecule has 2 aromatic carbocycles. The second kappa shape index (κ2) is 7.61. The van der Waals surface area contributed by atoms with Crippen LogP contribution in [-0.4, -0.2) is 25.7 Å². The molecule has 2 N–H and O–H groups in total. The minimum absolute atomic E-state index is 0.344. The number of esters is 1. The first kappa shape index (κ1) is 16.0. The fraction of sp³-hybridized carbons (Fsp3) is 0.278. The van der Waals surface area contributed by atoms with Gasteiger partial charge >= 0.3 is 5.97 Å². The van der Waals surface area contributed by atoms with E-state index in [1.807, 2.05) is 48.5 Å². The van der Waals surface area contributed by atoms with Crippen LogP contribution in [0.25, 0.3) is 11.1 Å². The Bertz CT molecular complexity index is 640. The van der Waals surface area contributed by atoms with E-state index in [4.69, 9.17) is 15.2 Å². The van der Waals surface area contributed by atoms with Gasteiger partial charge in [0.2, 0.25) is 0 Å². The van der Waals surface area contributed by atoms with Crippen molar-refractivity contribution in [3.63, 3.8) is 0 Å². The lowest BCUT2D eigenvalue weighted by Crippen LogP contribution is -2.34. The summed E-state index contributed by atoms with van der Waals surface area (Å²) in [6, 6.07) is 15.2. The molecular formula is C18H21NO3. The van der Waals surface area contributed by atoms with Crippen molar-refractivity contribution in [1.29, 1.82) is 0 Å². The van der Waals surface area contributed by atoms with Gasteiger partial charge in [0.15, 0.2) is 0 Å². The van der Waals surface area contributed by atoms with Crippen LogP contribution in [0.5, 0.6) is 5.75 Å². The number of hydrogen-bond donors (Lipinski definition) is 1. The maximum atomic E-state index is 11.6. The molecule has 0 bridgehead atoms. The number of carbonyl (C=O) groups excluding carboxylic acids is 1. The third kappa shape index (κ3) is 4.09. The lowest BCUT2D eigenvalue weighted by Gasteiger charge is -2.12. The Kier molecular flexibility index (Phi) is 5.55. The quantitative estimate of drug-likeness (QED) is 0.833. The summed E-state index contributed by atoms with van der Waals surface area (Å²) in [5.41, 5.74) is 9.00. The normalized spacial score (nSPS) is 11.8. The number of hydrogen-bond acceptors (Lipinski definition) is 4. The Morgan fingerprint density at radius 1 is 1.14 bits per heavy atom. The van der Waals surface area contributed by atoms with Crippen molar-refractivity contribution in [3.8, 4) is 16.9 Å². The molecule has 0 aliphatic heterocycles. The van der Waals surface area contributed by atoms with Gasteiger partial charge in [0.05, 0.1) is 13.7 Å². The van der Waals surface area contributed by atoms with Crippen molar-refractivity contribution in [2.24, 2.45) is 5.73 Å². The van der Waals surface area contributed by atoms with Crippen LogP contribution in [0.1, 0.15) is 12.5 Å². The molecule has 2 rings (SSSR count). The van der Waals surface area contributed by atoms with Gasteiger partial charge in [-0.1, -0.05) is 36.4 Å². The van der Waals surface area contributed by atoms with Gasteiger partial charge < -0.3 is 15.2 Å². The number of methoxy groups -OCH3 is 1. The number of rotatable bonds is 6. The van der Waals surface area contributed by atoms with Gasteiger partial charge in [0, 0.05) is 0 Å². The molecule has 22 heavy (non-hydrogen) atoms. The number of nitrogens with two attached hydrogens (primary N) is 1. The van der Waals surface area contributed by atoms with Crippen LogP contribution in [0.4, 0.5) is 0 Å². The Balaban J connectivity index is 2.17. The SMILES string of the molecule is CCOC(=O)[C@@H](N)Cc1cccc(-c2cccc(OC)c2)c1. The summed E-state index contributed by atoms with van der Waals surface area (Å²) in [5.74, 6) is 0.445. The molecule has 0 fully saturated rings. The van der Waals surface area contributed by atoms with Crippen molar-refractivity contribution in [2.45, 2.75) is 19.4 Å². The minimum atomic E-state index is -0.638. The molecule has 0 aliphatic rings. The van der Waals surface area contributed by atoms with E-state index in [2.05, 4.69) is 0 Å². The minimum Gasteiger partial charge on any atom is -0.497 e. The van der Waals surface area contributed by atoms with Crippen molar-refractivity contribution in [2.75, 3.05) is 13.7 Å². The second-order valence-electron chi connectivity index (χ2n) is 4.99. The van der Waals surface area contributed by atoms with E-state index in [1.54, 1.807) is 14.0 Å². The molecule has 0 spiro atoms. The summed E-state index contributed by atoms with van der Waals surface area (Å²) in [4.78, 5) is 11.6. The van der Waals surface area contributed by atoms with Crippen molar-refractivity contribution in [3.05, 3.63) is 54.1 Å². The summed E-state index contributed by atoms with van der Waals surface area (Å²) < 4.78 is 10.2. The van der Waals surface area contributed by atoms with Gasteiger partial charge in [-0.15, -0.1) is 0 Å². The number of carbonyl (C=O) groups is 1. The highest BCUT2D eigenvalue weighted by atomic mass is 16.5. The third-order valence-electron chi connectivity index (χ3n) is 3.38. The molecule has 0 saturated carbocycles. The lowest BCUT2D eigenvalue weighted by molar-refractivity contribution is -0.144. The van der Waals surface area contributed by atoms with E-state index < -0.39 is 6.04 Å². The molecule has 0 aromatic heterocycles. The zero-order chi connectivity index (χ0) is 15.9. The molecule has 0 saturated heterocycles. The molecule has 0 amide bonds. The summed E-state index contributed by atoms with van der Waals surface area (Å²) in [5, 5.41) is 0. The fourth-order valence-electron chi connectivity index (χ4n) is 2.27. The van der Waals surface area contributed by atoms with E-state index in [0.29, 0.717) is 13.0 Å². The number of benzene rings is 2. The second-order valence-corrected chi connectivity index (χ2v) is 4.99. The molecule has 1 atom stereocenters. The van der Waals surface area contributed by atoms with Crippen LogP contribution < -0.4 is 10.5 Å². The molecule has 4 nitrogen and oxygen atoms in total. The van der Waals surface area contributed by atoms with Crippen LogP contribution in [0.3, 0.4) is 0 Å². The Morgan fingerprint density at radius 3 is 2.50 bits per heavy atom. The van der Waals surface area contributed by atoms with Gasteiger partial charge in [-0.05, 0) is 42.2 Å². The Hall–Kier alpha value is -2.33. The zero-order valence-corrected chi connectivity index (χ0v) is 12.9. The first-order valence-electron chi connectivity index (χ1n) is 7.29. The summed E-state index contributed by atoms with van der Waals surface area (Å²) in [6.07, 6.45) is 0.455. The monoisotopic (exact) mass is 299 g/mol. The first-order valence-corrected chi connectivity index (χ1v) is 7.29. The van der Waals surface area contributed by atoms with E-state index in [1.165, 1.54) is 0 Å². The van der Waals surface area contributed by atoms with Crippen LogP contribution in [-0.2, 0) is 16.0 Å². The molecule has 0 unspecified atom stereocenters. The maximum Gasteiger partial charge on any atom is 0.323 e. The molecule has 0 heterocycles. The van der Waals surface area contributed by atoms with Crippen molar-refractivity contribution < 1.29 is 14.3 Å². The predicted octanol–water partition coefficient (Wildman–Crippen LogP) is 2.80. The number of ether oxygens (including phenoxy) is 2. The smallest absolute Gasteiger partial charge is 0.323 e. The highest BCUT2D eigenvalue weighted by molar-refractivity contribution is 5.76. The summed E-state index contributed by atoms with van der Waals surface area (Å²) in [6.45, 7) is 2.12. The Labute approximate surface area is 130 Å². The molecule has 0 radical (unpaired) electrons. The van der Waals surface area contributed by atoms with Crippen molar-refractivity contribution >= 4 is 5.97 Å². The van der Waals surface area contributed by atoms with E-state index >= 15 is 0 Å². The average molecular weight is 299 g/mol. The average Bonchev–Trinajstić information content (AvgIpc) is 2.55. The Morgan fingerprint density at radius 2 is 1.82 bits per heavy atom. The van der Waals surface area contributed by atoms with Gasteiger partial charge in [0.1, 0.15) is 11.8 Å². The predicted molar refractivity (Wildman–Crippen MR) is 86.7 cm³/mol. The molecule has 2 aromatic rings. The molecule has 116 valence electrons. The standard InChI is InChI=1S/C18H21NO3/c1-3-22-18(20)17(19)11-13-6-4-7-14(10-13)15-8-5-9-16(12-15)21-2/h4-10,12,17H,3,11,19H2,1-2H3/t17-/m0/s1. The summed E-state index contributed by atoms with van der Waals surface area (Å²) in [7, 11) is 1.65. The van der Waals surface area contributed by atoms with Gasteiger partial charge in [0.25, 0.3) is 0 Å². The van der Waals surface area contributed by atoms with E-state index in [-0.39, 0.29) is 5.97 Å². The van der Waals surface area contributed by atoms with Gasteiger partial charge in [-0.25, -0.2) is 0 Å². The van der Waals surface area contributed by atoms with Crippen LogP contribution >= 0.6 is 0 Å². The van der Waals surface area contributed by atoms with Crippen LogP contribution in [0.15, 0.2) is 48.5 Å². The van der Waals surface area contributed by atoms with Gasteiger partial charge in [-0.2, -0.15) is 0 Å². The molecule has 0 aliphatic carbocycles. The largest absolute Gasteiger partial charge is 0.497 e. The van der Waals surface area contributed by atoms with E-state index in [0.717, 1.165) is 22.4 Å². The maximum absolute atomic E-state index is 11.6. The third-order valence-corrected chi connectivity index (χ3v) is 3.38. The highest BCUT2D eigenvalue weighted by Gasteiger charge is 2.15. The van der Waals surface area contributed by atoms with Crippen molar-refractivity contribution in [1.82, 2.24) is 0 Å². The van der Waals surface area contributed by atoms with Crippen LogP contribution in [0.2, 0.25) is 0 Å². The van der Waals surface area contributed by atoms with Crippen LogP contribution in [0, 0.1) is 0 Å². The molecule has 4 heteroatoms. The summed E-state index contributed by atoms with van der Waals surface area (Å²) >= 11 is 0. The lowest BCUT2D eigenvalue weighted by atomic mass is 9.99. The topological polar surface area (TPSA) is 61.5 Å². The molecular weight excluding hydrogens is 278 g/mol. The first-order chi connectivity index (χ1) is 10.6. The highest BCUT2D eigenvalue weighted by Crippen LogP contribution is 2.24.